The first-order chi connectivity index (χ1) is 8.61. The predicted molar refractivity (Wildman–Crippen MR) is 76.5 cm³/mol. The molecule has 0 amide bonds. The number of furan rings is 1. The summed E-state index contributed by atoms with van der Waals surface area (Å²) in [4.78, 5) is 2.25. The van der Waals surface area contributed by atoms with E-state index in [9.17, 15) is 0 Å². The molecule has 2 aromatic rings. The summed E-state index contributed by atoms with van der Waals surface area (Å²) in [6.45, 7) is 4.05. The number of hydrogen-bond acceptors (Lipinski definition) is 3. The molecule has 0 spiro atoms. The van der Waals surface area contributed by atoms with Crippen LogP contribution in [-0.2, 0) is 0 Å². The van der Waals surface area contributed by atoms with E-state index in [-0.39, 0.29) is 6.04 Å². The fraction of sp³-hybridized carbons (Fsp3) is 0.286. The average molecular weight is 282 g/mol. The molecule has 1 unspecified atom stereocenters. The van der Waals surface area contributed by atoms with Crippen LogP contribution in [0.4, 0.5) is 0 Å². The van der Waals surface area contributed by atoms with Gasteiger partial charge in [0.1, 0.15) is 5.76 Å². The lowest BCUT2D eigenvalue weighted by molar-refractivity contribution is 0.527. The fourth-order valence-corrected chi connectivity index (χ4v) is 2.98. The molecule has 4 heteroatoms. The van der Waals surface area contributed by atoms with E-state index >= 15 is 0 Å². The Bertz CT molecular complexity index is 538. The van der Waals surface area contributed by atoms with Crippen LogP contribution in [0.5, 0.6) is 0 Å². The summed E-state index contributed by atoms with van der Waals surface area (Å²) >= 11 is 7.97. The van der Waals surface area contributed by atoms with Gasteiger partial charge in [0.05, 0.1) is 11.2 Å². The zero-order chi connectivity index (χ0) is 13.1. The molecule has 0 saturated heterocycles. The standard InChI is InChI=1S/C14H16ClNOS/c1-9(16-3)12-5-4-11(8-13(12)15)18-14-6-7-17-10(14)2/h4-9,16H,1-3H3. The molecular formula is C14H16ClNOS. The Morgan fingerprint density at radius 1 is 1.33 bits per heavy atom. The molecule has 1 atom stereocenters. The van der Waals surface area contributed by atoms with Gasteiger partial charge in [0, 0.05) is 16.0 Å². The minimum Gasteiger partial charge on any atom is -0.468 e. The number of aryl methyl sites for hydroxylation is 1. The third-order valence-corrected chi connectivity index (χ3v) is 4.37. The monoisotopic (exact) mass is 281 g/mol. The van der Waals surface area contributed by atoms with Crippen LogP contribution in [0.3, 0.4) is 0 Å². The van der Waals surface area contributed by atoms with Gasteiger partial charge in [0.25, 0.3) is 0 Å². The summed E-state index contributed by atoms with van der Waals surface area (Å²) in [5, 5.41) is 3.98. The molecule has 0 fully saturated rings. The van der Waals surface area contributed by atoms with Crippen molar-refractivity contribution in [3.63, 3.8) is 0 Å². The molecule has 0 saturated carbocycles. The fourth-order valence-electron chi connectivity index (χ4n) is 1.68. The van der Waals surface area contributed by atoms with Crippen LogP contribution in [0.1, 0.15) is 24.3 Å². The first-order valence-electron chi connectivity index (χ1n) is 5.80. The van der Waals surface area contributed by atoms with Crippen molar-refractivity contribution in [1.29, 1.82) is 0 Å². The number of rotatable bonds is 4. The lowest BCUT2D eigenvalue weighted by Gasteiger charge is -2.13. The van der Waals surface area contributed by atoms with Gasteiger partial charge in [-0.3, -0.25) is 0 Å². The molecule has 1 aromatic carbocycles. The van der Waals surface area contributed by atoms with Gasteiger partial charge in [-0.05, 0) is 44.7 Å². The minimum atomic E-state index is 0.257. The van der Waals surface area contributed by atoms with E-state index in [0.717, 1.165) is 26.1 Å². The minimum absolute atomic E-state index is 0.257. The van der Waals surface area contributed by atoms with Crippen molar-refractivity contribution in [3.05, 3.63) is 46.9 Å². The van der Waals surface area contributed by atoms with Crippen molar-refractivity contribution < 1.29 is 4.42 Å². The van der Waals surface area contributed by atoms with E-state index in [1.165, 1.54) is 0 Å². The van der Waals surface area contributed by atoms with Gasteiger partial charge in [0.15, 0.2) is 0 Å². The van der Waals surface area contributed by atoms with E-state index in [0.29, 0.717) is 0 Å². The molecule has 2 rings (SSSR count). The van der Waals surface area contributed by atoms with Gasteiger partial charge in [0.2, 0.25) is 0 Å². The number of hydrogen-bond donors (Lipinski definition) is 1. The molecule has 96 valence electrons. The number of benzene rings is 1. The van der Waals surface area contributed by atoms with Crippen molar-refractivity contribution in [1.82, 2.24) is 5.32 Å². The van der Waals surface area contributed by atoms with Crippen molar-refractivity contribution in [2.24, 2.45) is 0 Å². The maximum absolute atomic E-state index is 6.31. The Balaban J connectivity index is 2.21. The summed E-state index contributed by atoms with van der Waals surface area (Å²) in [5.74, 6) is 0.934. The molecule has 18 heavy (non-hydrogen) atoms. The predicted octanol–water partition coefficient (Wildman–Crippen LogP) is 4.67. The zero-order valence-corrected chi connectivity index (χ0v) is 12.2. The number of halogens is 1. The van der Waals surface area contributed by atoms with Crippen LogP contribution < -0.4 is 5.32 Å². The van der Waals surface area contributed by atoms with Crippen molar-refractivity contribution in [2.45, 2.75) is 29.7 Å². The second-order valence-electron chi connectivity index (χ2n) is 4.14. The molecular weight excluding hydrogens is 266 g/mol. The highest BCUT2D eigenvalue weighted by atomic mass is 35.5. The average Bonchev–Trinajstić information content (AvgIpc) is 2.74. The van der Waals surface area contributed by atoms with Crippen molar-refractivity contribution in [2.75, 3.05) is 7.05 Å². The summed E-state index contributed by atoms with van der Waals surface area (Å²) in [7, 11) is 1.93. The van der Waals surface area contributed by atoms with E-state index in [1.54, 1.807) is 18.0 Å². The van der Waals surface area contributed by atoms with Crippen LogP contribution in [0.25, 0.3) is 0 Å². The van der Waals surface area contributed by atoms with Crippen LogP contribution in [0.2, 0.25) is 5.02 Å². The molecule has 0 aliphatic rings. The first-order valence-corrected chi connectivity index (χ1v) is 7.00. The molecule has 1 heterocycles. The van der Waals surface area contributed by atoms with Crippen LogP contribution in [-0.4, -0.2) is 7.05 Å². The van der Waals surface area contributed by atoms with Gasteiger partial charge >= 0.3 is 0 Å². The topological polar surface area (TPSA) is 25.2 Å². The Morgan fingerprint density at radius 3 is 2.67 bits per heavy atom. The normalized spacial score (nSPS) is 12.7. The van der Waals surface area contributed by atoms with E-state index in [1.807, 2.05) is 26.1 Å². The highest BCUT2D eigenvalue weighted by Gasteiger charge is 2.10. The summed E-state index contributed by atoms with van der Waals surface area (Å²) in [6.07, 6.45) is 1.71. The van der Waals surface area contributed by atoms with Crippen molar-refractivity contribution >= 4 is 23.4 Å². The lowest BCUT2D eigenvalue weighted by Crippen LogP contribution is -2.12. The second-order valence-corrected chi connectivity index (χ2v) is 5.66. The van der Waals surface area contributed by atoms with E-state index in [2.05, 4.69) is 24.4 Å². The third kappa shape index (κ3) is 2.91. The Hall–Kier alpha value is -0.900. The van der Waals surface area contributed by atoms with Gasteiger partial charge in [-0.25, -0.2) is 0 Å². The third-order valence-electron chi connectivity index (χ3n) is 2.91. The molecule has 0 aliphatic carbocycles. The van der Waals surface area contributed by atoms with Crippen molar-refractivity contribution in [3.8, 4) is 0 Å². The Morgan fingerprint density at radius 2 is 2.11 bits per heavy atom. The van der Waals surface area contributed by atoms with Gasteiger partial charge in [-0.2, -0.15) is 0 Å². The maximum Gasteiger partial charge on any atom is 0.114 e. The van der Waals surface area contributed by atoms with Gasteiger partial charge < -0.3 is 9.73 Å². The molecule has 1 aromatic heterocycles. The number of nitrogens with one attached hydrogen (secondary N) is 1. The molecule has 0 radical (unpaired) electrons. The second kappa shape index (κ2) is 5.83. The Kier molecular flexibility index (Phi) is 4.38. The molecule has 0 aliphatic heterocycles. The van der Waals surface area contributed by atoms with Gasteiger partial charge in [-0.1, -0.05) is 29.4 Å². The molecule has 2 nitrogen and oxygen atoms in total. The van der Waals surface area contributed by atoms with Crippen LogP contribution in [0, 0.1) is 6.92 Å². The highest BCUT2D eigenvalue weighted by Crippen LogP contribution is 2.34. The van der Waals surface area contributed by atoms with Gasteiger partial charge in [-0.15, -0.1) is 0 Å². The zero-order valence-electron chi connectivity index (χ0n) is 10.7. The van der Waals surface area contributed by atoms with E-state index in [4.69, 9.17) is 16.0 Å². The van der Waals surface area contributed by atoms with E-state index < -0.39 is 0 Å². The highest BCUT2D eigenvalue weighted by molar-refractivity contribution is 7.99. The molecule has 0 bridgehead atoms. The quantitative estimate of drug-likeness (QED) is 0.881. The largest absolute Gasteiger partial charge is 0.468 e. The SMILES string of the molecule is CNC(C)c1ccc(Sc2ccoc2C)cc1Cl. The van der Waals surface area contributed by atoms with Crippen LogP contribution >= 0.6 is 23.4 Å². The molecule has 1 N–H and O–H groups in total. The summed E-state index contributed by atoms with van der Waals surface area (Å²) in [6, 6.07) is 8.39. The smallest absolute Gasteiger partial charge is 0.114 e. The Labute approximate surface area is 117 Å². The summed E-state index contributed by atoms with van der Waals surface area (Å²) in [5.41, 5.74) is 1.12. The summed E-state index contributed by atoms with van der Waals surface area (Å²) < 4.78 is 5.28. The lowest BCUT2D eigenvalue weighted by atomic mass is 10.1. The van der Waals surface area contributed by atoms with Crippen LogP contribution in [0.15, 0.2) is 44.7 Å². The maximum atomic E-state index is 6.31. The first kappa shape index (κ1) is 13.5.